The summed E-state index contributed by atoms with van der Waals surface area (Å²) in [6.07, 6.45) is 1.65. The number of fused-ring (bicyclic) bond motifs is 2. The Morgan fingerprint density at radius 1 is 0.895 bits per heavy atom. The third kappa shape index (κ3) is 1.52. The maximum Gasteiger partial charge on any atom is 0.139 e. The average molecular weight is 250 g/mol. The molecule has 0 radical (unpaired) electrons. The van der Waals surface area contributed by atoms with Crippen LogP contribution in [0.5, 0.6) is 5.75 Å². The number of benzene rings is 2. The molecule has 0 aliphatic rings. The van der Waals surface area contributed by atoms with Gasteiger partial charge < -0.3 is 13.9 Å². The zero-order chi connectivity index (χ0) is 12.8. The fourth-order valence-electron chi connectivity index (χ4n) is 2.32. The van der Waals surface area contributed by atoms with E-state index in [-0.39, 0.29) is 5.75 Å². The Hall–Kier alpha value is -2.68. The molecule has 0 amide bonds. The Morgan fingerprint density at radius 3 is 2.68 bits per heavy atom. The number of rotatable bonds is 1. The van der Waals surface area contributed by atoms with Crippen LogP contribution >= 0.6 is 0 Å². The van der Waals surface area contributed by atoms with Gasteiger partial charge in [0.1, 0.15) is 28.9 Å². The van der Waals surface area contributed by atoms with Gasteiger partial charge >= 0.3 is 0 Å². The molecule has 19 heavy (non-hydrogen) atoms. The number of phenols is 1. The summed E-state index contributed by atoms with van der Waals surface area (Å²) < 4.78 is 11.3. The van der Waals surface area contributed by atoms with E-state index in [0.29, 0.717) is 0 Å². The van der Waals surface area contributed by atoms with Crippen molar-refractivity contribution in [2.45, 2.75) is 0 Å². The molecule has 3 heteroatoms. The van der Waals surface area contributed by atoms with Crippen molar-refractivity contribution in [3.8, 4) is 17.1 Å². The first-order valence-corrected chi connectivity index (χ1v) is 6.00. The highest BCUT2D eigenvalue weighted by molar-refractivity contribution is 5.95. The average Bonchev–Trinajstić information content (AvgIpc) is 3.00. The number of para-hydroxylation sites is 1. The van der Waals surface area contributed by atoms with Gasteiger partial charge in [-0.05, 0) is 30.3 Å². The van der Waals surface area contributed by atoms with Gasteiger partial charge in [-0.3, -0.25) is 0 Å². The topological polar surface area (TPSA) is 46.5 Å². The summed E-state index contributed by atoms with van der Waals surface area (Å²) in [4.78, 5) is 0. The van der Waals surface area contributed by atoms with Gasteiger partial charge in [0, 0.05) is 10.8 Å². The Bertz CT molecular complexity index is 850. The molecule has 1 N–H and O–H groups in total. The second-order valence-electron chi connectivity index (χ2n) is 4.48. The Morgan fingerprint density at radius 2 is 1.79 bits per heavy atom. The van der Waals surface area contributed by atoms with Crippen LogP contribution in [0.4, 0.5) is 0 Å². The molecule has 92 valence electrons. The summed E-state index contributed by atoms with van der Waals surface area (Å²) in [6.45, 7) is 0. The standard InChI is InChI=1S/C16H10O3/c17-11-5-6-15-12(8-11)13(9-18-15)16-7-10-3-1-2-4-14(10)19-16/h1-9,17H. The number of hydrogen-bond donors (Lipinski definition) is 1. The fraction of sp³-hybridized carbons (Fsp3) is 0. The highest BCUT2D eigenvalue weighted by Gasteiger charge is 2.13. The molecule has 0 aliphatic heterocycles. The molecule has 2 aromatic heterocycles. The molecule has 0 aliphatic carbocycles. The Balaban J connectivity index is 2.00. The molecule has 0 saturated heterocycles. The summed E-state index contributed by atoms with van der Waals surface area (Å²) in [5, 5.41) is 11.5. The van der Waals surface area contributed by atoms with Crippen LogP contribution in [0.15, 0.2) is 63.6 Å². The van der Waals surface area contributed by atoms with Gasteiger partial charge in [-0.15, -0.1) is 0 Å². The van der Waals surface area contributed by atoms with Crippen molar-refractivity contribution < 1.29 is 13.9 Å². The van der Waals surface area contributed by atoms with Gasteiger partial charge in [0.2, 0.25) is 0 Å². The van der Waals surface area contributed by atoms with E-state index in [2.05, 4.69) is 0 Å². The highest BCUT2D eigenvalue weighted by Crippen LogP contribution is 2.35. The Kier molecular flexibility index (Phi) is 1.97. The number of hydrogen-bond acceptors (Lipinski definition) is 3. The molecule has 2 heterocycles. The van der Waals surface area contributed by atoms with Crippen molar-refractivity contribution in [1.82, 2.24) is 0 Å². The minimum Gasteiger partial charge on any atom is -0.508 e. The smallest absolute Gasteiger partial charge is 0.139 e. The van der Waals surface area contributed by atoms with Crippen molar-refractivity contribution in [3.63, 3.8) is 0 Å². The zero-order valence-electron chi connectivity index (χ0n) is 9.96. The normalized spacial score (nSPS) is 11.4. The van der Waals surface area contributed by atoms with Crippen LogP contribution in [0.3, 0.4) is 0 Å². The van der Waals surface area contributed by atoms with Crippen LogP contribution in [0.2, 0.25) is 0 Å². The van der Waals surface area contributed by atoms with Crippen LogP contribution < -0.4 is 0 Å². The van der Waals surface area contributed by atoms with Crippen LogP contribution in [0, 0.1) is 0 Å². The molecule has 4 rings (SSSR count). The summed E-state index contributed by atoms with van der Waals surface area (Å²) in [5.41, 5.74) is 2.42. The largest absolute Gasteiger partial charge is 0.508 e. The Labute approximate surface area is 108 Å². The minimum absolute atomic E-state index is 0.214. The first-order chi connectivity index (χ1) is 9.31. The lowest BCUT2D eigenvalue weighted by atomic mass is 10.1. The molecule has 4 aromatic rings. The second kappa shape index (κ2) is 3.65. The summed E-state index contributed by atoms with van der Waals surface area (Å²) in [5.74, 6) is 0.955. The molecule has 3 nitrogen and oxygen atoms in total. The van der Waals surface area contributed by atoms with Gasteiger partial charge in [-0.1, -0.05) is 18.2 Å². The molecular weight excluding hydrogens is 240 g/mol. The second-order valence-corrected chi connectivity index (χ2v) is 4.48. The first-order valence-electron chi connectivity index (χ1n) is 6.00. The van der Waals surface area contributed by atoms with Crippen molar-refractivity contribution in [2.24, 2.45) is 0 Å². The van der Waals surface area contributed by atoms with E-state index in [9.17, 15) is 5.11 Å². The van der Waals surface area contributed by atoms with Gasteiger partial charge in [0.05, 0.1) is 5.56 Å². The first kappa shape index (κ1) is 10.3. The molecular formula is C16H10O3. The monoisotopic (exact) mass is 250 g/mol. The number of furan rings is 2. The third-order valence-electron chi connectivity index (χ3n) is 3.25. The number of aromatic hydroxyl groups is 1. The lowest BCUT2D eigenvalue weighted by Crippen LogP contribution is -1.70. The lowest BCUT2D eigenvalue weighted by molar-refractivity contribution is 0.476. The van der Waals surface area contributed by atoms with Crippen molar-refractivity contribution in [1.29, 1.82) is 0 Å². The van der Waals surface area contributed by atoms with E-state index in [1.165, 1.54) is 0 Å². The van der Waals surface area contributed by atoms with E-state index in [1.54, 1.807) is 24.5 Å². The molecule has 0 saturated carbocycles. The van der Waals surface area contributed by atoms with Gasteiger partial charge in [-0.25, -0.2) is 0 Å². The van der Waals surface area contributed by atoms with Gasteiger partial charge in [0.15, 0.2) is 0 Å². The van der Waals surface area contributed by atoms with E-state index in [0.717, 1.165) is 33.3 Å². The predicted molar refractivity (Wildman–Crippen MR) is 73.1 cm³/mol. The molecule has 0 bridgehead atoms. The molecule has 0 spiro atoms. The third-order valence-corrected chi connectivity index (χ3v) is 3.25. The number of phenolic OH excluding ortho intramolecular Hbond substituents is 1. The quantitative estimate of drug-likeness (QED) is 0.539. The summed E-state index contributed by atoms with van der Waals surface area (Å²) in [7, 11) is 0. The van der Waals surface area contributed by atoms with Crippen LogP contribution in [-0.4, -0.2) is 5.11 Å². The van der Waals surface area contributed by atoms with Crippen LogP contribution in [0.25, 0.3) is 33.3 Å². The predicted octanol–water partition coefficient (Wildman–Crippen LogP) is 4.55. The van der Waals surface area contributed by atoms with Gasteiger partial charge in [-0.2, -0.15) is 0 Å². The van der Waals surface area contributed by atoms with E-state index >= 15 is 0 Å². The molecule has 0 unspecified atom stereocenters. The van der Waals surface area contributed by atoms with E-state index < -0.39 is 0 Å². The molecule has 0 fully saturated rings. The maximum atomic E-state index is 9.59. The zero-order valence-corrected chi connectivity index (χ0v) is 9.96. The van der Waals surface area contributed by atoms with Gasteiger partial charge in [0.25, 0.3) is 0 Å². The van der Waals surface area contributed by atoms with E-state index in [1.807, 2.05) is 30.3 Å². The molecule has 2 aromatic carbocycles. The van der Waals surface area contributed by atoms with Crippen LogP contribution in [-0.2, 0) is 0 Å². The fourth-order valence-corrected chi connectivity index (χ4v) is 2.32. The van der Waals surface area contributed by atoms with E-state index in [4.69, 9.17) is 8.83 Å². The van der Waals surface area contributed by atoms with Crippen molar-refractivity contribution in [3.05, 3.63) is 54.8 Å². The van der Waals surface area contributed by atoms with Crippen LogP contribution in [0.1, 0.15) is 0 Å². The maximum absolute atomic E-state index is 9.59. The van der Waals surface area contributed by atoms with Crippen molar-refractivity contribution in [2.75, 3.05) is 0 Å². The SMILES string of the molecule is Oc1ccc2occ(-c3cc4ccccc4o3)c2c1. The summed E-state index contributed by atoms with van der Waals surface area (Å²) >= 11 is 0. The minimum atomic E-state index is 0.214. The highest BCUT2D eigenvalue weighted by atomic mass is 16.3. The van der Waals surface area contributed by atoms with Crippen molar-refractivity contribution >= 4 is 21.9 Å². The molecule has 0 atom stereocenters. The lowest BCUT2D eigenvalue weighted by Gasteiger charge is -1.94. The summed E-state index contributed by atoms with van der Waals surface area (Å²) in [6, 6.07) is 14.9.